The van der Waals surface area contributed by atoms with Gasteiger partial charge in [-0.05, 0) is 90.2 Å². The Labute approximate surface area is 397 Å². The quantitative estimate of drug-likeness (QED) is 0.126. The number of nitrogens with zero attached hydrogens (tertiary/aromatic N) is 6. The molecule has 0 saturated carbocycles. The minimum absolute atomic E-state index is 0.237. The maximum atomic E-state index is 13.4. The lowest BCUT2D eigenvalue weighted by molar-refractivity contribution is -0.138. The SMILES string of the molecule is C/C=c1/oc2ccc(-c3cccc(-c4nc(-c5ccccc5)nc(-c5ccc(C(F)(F)F)cc5)n4)c3)cc2/c1=C/Cc1cccc(-c2nc(Cc3ccccc3)nc(-c3ccc(C(F)(F)F)cc3)n2)c1. The molecule has 0 fully saturated rings. The molecular weight excluding hydrogens is 899 g/mol. The Bertz CT molecular complexity index is 3630. The zero-order valence-corrected chi connectivity index (χ0v) is 37.2. The smallest absolute Gasteiger partial charge is 0.416 e. The summed E-state index contributed by atoms with van der Waals surface area (Å²) in [7, 11) is 0. The van der Waals surface area contributed by atoms with Crippen molar-refractivity contribution in [3.8, 4) is 68.1 Å². The highest BCUT2D eigenvalue weighted by atomic mass is 19.4. The van der Waals surface area contributed by atoms with Crippen LogP contribution >= 0.6 is 0 Å². The van der Waals surface area contributed by atoms with Crippen molar-refractivity contribution in [1.82, 2.24) is 29.9 Å². The van der Waals surface area contributed by atoms with Gasteiger partial charge in [-0.3, -0.25) is 0 Å². The topological polar surface area (TPSA) is 90.5 Å². The number of aromatic nitrogens is 6. The monoisotopic (exact) mass is 936 g/mol. The lowest BCUT2D eigenvalue weighted by Crippen LogP contribution is -2.19. The van der Waals surface area contributed by atoms with E-state index in [-0.39, 0.29) is 11.6 Å². The van der Waals surface area contributed by atoms with Crippen LogP contribution in [-0.4, -0.2) is 29.9 Å². The Balaban J connectivity index is 0.981. The molecule has 0 unspecified atom stereocenters. The molecule has 0 N–H and O–H groups in total. The third kappa shape index (κ3) is 9.86. The van der Waals surface area contributed by atoms with Gasteiger partial charge in [-0.2, -0.15) is 26.3 Å². The molecule has 7 aromatic carbocycles. The summed E-state index contributed by atoms with van der Waals surface area (Å²) >= 11 is 0. The molecular formula is C57H38F6N6O. The van der Waals surface area contributed by atoms with Crippen LogP contribution in [0.5, 0.6) is 0 Å². The molecule has 344 valence electrons. The molecule has 3 aromatic heterocycles. The van der Waals surface area contributed by atoms with Crippen molar-refractivity contribution in [3.05, 3.63) is 215 Å². The summed E-state index contributed by atoms with van der Waals surface area (Å²) in [5, 5.41) is 1.80. The predicted octanol–water partition coefficient (Wildman–Crippen LogP) is 13.3. The molecule has 0 aliphatic heterocycles. The Kier molecular flexibility index (Phi) is 12.2. The van der Waals surface area contributed by atoms with E-state index in [0.29, 0.717) is 63.8 Å². The van der Waals surface area contributed by atoms with Gasteiger partial charge in [0.2, 0.25) is 0 Å². The van der Waals surface area contributed by atoms with Crippen LogP contribution in [0, 0.1) is 0 Å². The number of furan rings is 1. The summed E-state index contributed by atoms with van der Waals surface area (Å²) < 4.78 is 87.0. The fourth-order valence-corrected chi connectivity index (χ4v) is 8.14. The van der Waals surface area contributed by atoms with Crippen molar-refractivity contribution in [3.63, 3.8) is 0 Å². The first kappa shape index (κ1) is 45.2. The molecule has 0 aliphatic carbocycles. The normalized spacial score (nSPS) is 12.5. The average Bonchev–Trinajstić information content (AvgIpc) is 3.75. The van der Waals surface area contributed by atoms with Crippen molar-refractivity contribution in [2.75, 3.05) is 0 Å². The maximum absolute atomic E-state index is 13.4. The molecule has 0 radical (unpaired) electrons. The highest BCUT2D eigenvalue weighted by molar-refractivity contribution is 5.86. The second-order valence-electron chi connectivity index (χ2n) is 16.5. The Morgan fingerprint density at radius 2 is 0.871 bits per heavy atom. The van der Waals surface area contributed by atoms with Crippen LogP contribution in [0.2, 0.25) is 0 Å². The van der Waals surface area contributed by atoms with Crippen LogP contribution in [0.25, 0.3) is 91.2 Å². The van der Waals surface area contributed by atoms with Crippen LogP contribution < -0.4 is 10.6 Å². The Morgan fingerprint density at radius 1 is 0.429 bits per heavy atom. The van der Waals surface area contributed by atoms with Gasteiger partial charge < -0.3 is 4.42 Å². The number of benzene rings is 7. The second-order valence-corrected chi connectivity index (χ2v) is 16.5. The number of hydrogen-bond donors (Lipinski definition) is 0. The summed E-state index contributed by atoms with van der Waals surface area (Å²) in [5.41, 5.74) is 6.57. The van der Waals surface area contributed by atoms with Crippen molar-refractivity contribution >= 4 is 23.1 Å². The molecule has 0 aliphatic rings. The van der Waals surface area contributed by atoms with Gasteiger partial charge in [-0.25, -0.2) is 29.9 Å². The lowest BCUT2D eigenvalue weighted by Gasteiger charge is -2.11. The van der Waals surface area contributed by atoms with Gasteiger partial charge in [0.15, 0.2) is 29.1 Å². The molecule has 10 aromatic rings. The summed E-state index contributed by atoms with van der Waals surface area (Å²) in [6.07, 6.45) is -4.02. The van der Waals surface area contributed by atoms with Gasteiger partial charge in [0, 0.05) is 44.8 Å². The first-order chi connectivity index (χ1) is 33.8. The van der Waals surface area contributed by atoms with Gasteiger partial charge >= 0.3 is 12.4 Å². The standard InChI is InChI=1S/C57H38F6N6O/c1-2-48-46(29-19-36-13-9-17-42(31-36)54-65-50(32-35-11-5-3-6-12-35)64-51(66-54)38-20-25-44(26-21-38)56(58,59)60)47-34-41(24-30-49(47)70-48)40-16-10-18-43(33-40)55-68-52(37-14-7-4-8-15-37)67-53(69-55)39-22-27-45(28-23-39)57(61,62)63/h2-18,20-31,33-34H,19,32H2,1H3/b46-29-,48-2+. The van der Waals surface area contributed by atoms with E-state index in [1.807, 2.05) is 134 Å². The third-order valence-electron chi connectivity index (χ3n) is 11.7. The summed E-state index contributed by atoms with van der Waals surface area (Å²) in [4.78, 5) is 28.5. The predicted molar refractivity (Wildman–Crippen MR) is 259 cm³/mol. The van der Waals surface area contributed by atoms with E-state index in [2.05, 4.69) is 22.1 Å². The van der Waals surface area contributed by atoms with Gasteiger partial charge in [0.05, 0.1) is 11.1 Å². The van der Waals surface area contributed by atoms with Crippen LogP contribution in [0.15, 0.2) is 180 Å². The van der Waals surface area contributed by atoms with Gasteiger partial charge in [-0.1, -0.05) is 133 Å². The number of alkyl halides is 6. The molecule has 13 heteroatoms. The van der Waals surface area contributed by atoms with Gasteiger partial charge in [0.25, 0.3) is 0 Å². The number of halogens is 6. The number of fused-ring (bicyclic) bond motifs is 1. The fourth-order valence-electron chi connectivity index (χ4n) is 8.14. The van der Waals surface area contributed by atoms with Crippen molar-refractivity contribution in [2.24, 2.45) is 0 Å². The van der Waals surface area contributed by atoms with Crippen molar-refractivity contribution in [2.45, 2.75) is 32.1 Å². The number of rotatable bonds is 10. The molecule has 10 rings (SSSR count). The van der Waals surface area contributed by atoms with Gasteiger partial charge in [0.1, 0.15) is 16.8 Å². The zero-order valence-electron chi connectivity index (χ0n) is 37.2. The summed E-state index contributed by atoms with van der Waals surface area (Å²) in [6.45, 7) is 1.92. The molecule has 70 heavy (non-hydrogen) atoms. The van der Waals surface area contributed by atoms with Crippen LogP contribution in [0.1, 0.15) is 35.0 Å². The third-order valence-corrected chi connectivity index (χ3v) is 11.7. The summed E-state index contributed by atoms with van der Waals surface area (Å²) in [5.74, 6) is 2.11. The van der Waals surface area contributed by atoms with Crippen LogP contribution in [0.3, 0.4) is 0 Å². The van der Waals surface area contributed by atoms with E-state index in [1.54, 1.807) is 0 Å². The first-order valence-electron chi connectivity index (χ1n) is 22.2. The van der Waals surface area contributed by atoms with E-state index in [9.17, 15) is 26.3 Å². The number of hydrogen-bond acceptors (Lipinski definition) is 7. The van der Waals surface area contributed by atoms with Crippen molar-refractivity contribution < 1.29 is 30.8 Å². The van der Waals surface area contributed by atoms with E-state index in [0.717, 1.165) is 68.3 Å². The molecule has 0 saturated heterocycles. The highest BCUT2D eigenvalue weighted by Crippen LogP contribution is 2.34. The molecule has 0 spiro atoms. The molecule has 0 bridgehead atoms. The largest absolute Gasteiger partial charge is 0.456 e. The fraction of sp³-hybridized carbons (Fsp3) is 0.0877. The second kappa shape index (κ2) is 18.8. The summed E-state index contributed by atoms with van der Waals surface area (Å²) in [6, 6.07) is 50.1. The maximum Gasteiger partial charge on any atom is 0.416 e. The zero-order chi connectivity index (χ0) is 48.4. The van der Waals surface area contributed by atoms with Gasteiger partial charge in [-0.15, -0.1) is 0 Å². The molecule has 7 nitrogen and oxygen atoms in total. The molecule has 3 heterocycles. The first-order valence-corrected chi connectivity index (χ1v) is 22.2. The van der Waals surface area contributed by atoms with E-state index in [4.69, 9.17) is 24.4 Å². The van der Waals surface area contributed by atoms with Crippen LogP contribution in [-0.2, 0) is 25.2 Å². The molecule has 0 amide bonds. The highest BCUT2D eigenvalue weighted by Gasteiger charge is 2.31. The average molecular weight is 937 g/mol. The Morgan fingerprint density at radius 3 is 1.46 bits per heavy atom. The minimum Gasteiger partial charge on any atom is -0.456 e. The Hall–Kier alpha value is -8.58. The van der Waals surface area contributed by atoms with Crippen LogP contribution in [0.4, 0.5) is 26.3 Å². The van der Waals surface area contributed by atoms with E-state index < -0.39 is 23.5 Å². The van der Waals surface area contributed by atoms with E-state index >= 15 is 0 Å². The molecule has 0 atom stereocenters. The lowest BCUT2D eigenvalue weighted by atomic mass is 10.0. The van der Waals surface area contributed by atoms with Crippen molar-refractivity contribution in [1.29, 1.82) is 0 Å². The minimum atomic E-state index is -4.48. The van der Waals surface area contributed by atoms with E-state index in [1.165, 1.54) is 24.3 Å².